The molecule has 14 heavy (non-hydrogen) atoms. The van der Waals surface area contributed by atoms with Crippen LogP contribution in [0.15, 0.2) is 27.7 Å². The van der Waals surface area contributed by atoms with E-state index < -0.39 is 0 Å². The van der Waals surface area contributed by atoms with E-state index in [1.165, 1.54) is 12.1 Å². The van der Waals surface area contributed by atoms with E-state index in [1.807, 2.05) is 0 Å². The van der Waals surface area contributed by atoms with Gasteiger partial charge in [-0.05, 0) is 23.8 Å². The van der Waals surface area contributed by atoms with Crippen molar-refractivity contribution in [2.24, 2.45) is 16.5 Å². The van der Waals surface area contributed by atoms with Crippen LogP contribution in [0.5, 0.6) is 0 Å². The van der Waals surface area contributed by atoms with Crippen LogP contribution < -0.4 is 11.5 Å². The summed E-state index contributed by atoms with van der Waals surface area (Å²) in [6.07, 6.45) is 0. The van der Waals surface area contributed by atoms with Gasteiger partial charge in [-0.15, -0.1) is 24.0 Å². The Bertz CT molecular complexity index is 319. The highest BCUT2D eigenvalue weighted by Crippen LogP contribution is 2.15. The molecule has 1 rings (SSSR count). The molecular formula is C8H10BrFIN3. The van der Waals surface area contributed by atoms with E-state index in [4.69, 9.17) is 11.5 Å². The molecular weight excluding hydrogens is 364 g/mol. The van der Waals surface area contributed by atoms with Crippen molar-refractivity contribution in [3.63, 3.8) is 0 Å². The number of hydrogen-bond acceptors (Lipinski definition) is 1. The van der Waals surface area contributed by atoms with Crippen LogP contribution in [0.1, 0.15) is 5.56 Å². The molecule has 3 nitrogen and oxygen atoms in total. The van der Waals surface area contributed by atoms with Gasteiger partial charge in [0.15, 0.2) is 5.96 Å². The zero-order chi connectivity index (χ0) is 9.84. The maximum atomic E-state index is 12.8. The summed E-state index contributed by atoms with van der Waals surface area (Å²) >= 11 is 3.17. The predicted octanol–water partition coefficient (Wildman–Crippen LogP) is 1.98. The molecule has 0 aliphatic carbocycles. The van der Waals surface area contributed by atoms with Gasteiger partial charge in [0.25, 0.3) is 0 Å². The summed E-state index contributed by atoms with van der Waals surface area (Å²) in [6.45, 7) is 0.290. The standard InChI is InChI=1S/C8H9BrFN3.HI/c9-6-1-5(2-7(10)3-6)4-13-8(11)12;/h1-3H,4H2,(H4,11,12,13);1H. The van der Waals surface area contributed by atoms with Gasteiger partial charge >= 0.3 is 0 Å². The molecule has 0 aliphatic heterocycles. The van der Waals surface area contributed by atoms with Gasteiger partial charge in [-0.25, -0.2) is 9.38 Å². The fourth-order valence-corrected chi connectivity index (χ4v) is 1.40. The van der Waals surface area contributed by atoms with Crippen molar-refractivity contribution in [3.05, 3.63) is 34.1 Å². The molecule has 0 saturated heterocycles. The number of nitrogens with zero attached hydrogens (tertiary/aromatic N) is 1. The Balaban J connectivity index is 0.00000169. The van der Waals surface area contributed by atoms with E-state index in [2.05, 4.69) is 20.9 Å². The van der Waals surface area contributed by atoms with Crippen molar-refractivity contribution in [1.29, 1.82) is 0 Å². The maximum Gasteiger partial charge on any atom is 0.186 e. The number of benzene rings is 1. The van der Waals surface area contributed by atoms with Gasteiger partial charge in [0.05, 0.1) is 6.54 Å². The van der Waals surface area contributed by atoms with Crippen LogP contribution in [0.3, 0.4) is 0 Å². The van der Waals surface area contributed by atoms with Crippen molar-refractivity contribution in [3.8, 4) is 0 Å². The highest BCUT2D eigenvalue weighted by molar-refractivity contribution is 14.0. The third kappa shape index (κ3) is 4.75. The fraction of sp³-hybridized carbons (Fsp3) is 0.125. The van der Waals surface area contributed by atoms with Crippen molar-refractivity contribution < 1.29 is 4.39 Å². The average molecular weight is 374 g/mol. The fourth-order valence-electron chi connectivity index (χ4n) is 0.885. The first-order chi connectivity index (χ1) is 6.08. The molecule has 0 saturated carbocycles. The van der Waals surface area contributed by atoms with Crippen LogP contribution in [0, 0.1) is 5.82 Å². The molecule has 0 aromatic heterocycles. The van der Waals surface area contributed by atoms with Crippen LogP contribution in [0.4, 0.5) is 4.39 Å². The van der Waals surface area contributed by atoms with Gasteiger partial charge in [-0.3, -0.25) is 0 Å². The Labute approximate surface area is 107 Å². The minimum absolute atomic E-state index is 0. The molecule has 4 N–H and O–H groups in total. The van der Waals surface area contributed by atoms with Crippen LogP contribution in [-0.2, 0) is 6.54 Å². The molecule has 0 atom stereocenters. The van der Waals surface area contributed by atoms with Crippen molar-refractivity contribution in [1.82, 2.24) is 0 Å². The second kappa shape index (κ2) is 6.18. The van der Waals surface area contributed by atoms with Gasteiger partial charge in [0.2, 0.25) is 0 Å². The second-order valence-corrected chi connectivity index (χ2v) is 3.43. The quantitative estimate of drug-likeness (QED) is 0.473. The lowest BCUT2D eigenvalue weighted by atomic mass is 10.2. The average Bonchev–Trinajstić information content (AvgIpc) is 1.99. The van der Waals surface area contributed by atoms with Gasteiger partial charge < -0.3 is 11.5 Å². The zero-order valence-corrected chi connectivity index (χ0v) is 11.1. The molecule has 0 fully saturated rings. The molecule has 0 spiro atoms. The van der Waals surface area contributed by atoms with Gasteiger partial charge in [-0.1, -0.05) is 15.9 Å². The highest BCUT2D eigenvalue weighted by atomic mass is 127. The van der Waals surface area contributed by atoms with Gasteiger partial charge in [-0.2, -0.15) is 0 Å². The number of aliphatic imine (C=N–C) groups is 1. The number of hydrogen-bond donors (Lipinski definition) is 2. The smallest absolute Gasteiger partial charge is 0.186 e. The lowest BCUT2D eigenvalue weighted by Crippen LogP contribution is -2.22. The Morgan fingerprint density at radius 3 is 2.50 bits per heavy atom. The number of halogens is 3. The van der Waals surface area contributed by atoms with E-state index in [0.717, 1.165) is 5.56 Å². The topological polar surface area (TPSA) is 64.4 Å². The van der Waals surface area contributed by atoms with E-state index in [1.54, 1.807) is 6.07 Å². The second-order valence-electron chi connectivity index (χ2n) is 2.52. The van der Waals surface area contributed by atoms with Crippen molar-refractivity contribution in [2.75, 3.05) is 0 Å². The van der Waals surface area contributed by atoms with Crippen molar-refractivity contribution in [2.45, 2.75) is 6.54 Å². The SMILES string of the molecule is I.NC(N)=NCc1cc(F)cc(Br)c1. The number of nitrogens with two attached hydrogens (primary N) is 2. The minimum atomic E-state index is -0.310. The maximum absolute atomic E-state index is 12.8. The van der Waals surface area contributed by atoms with Crippen LogP contribution in [-0.4, -0.2) is 5.96 Å². The summed E-state index contributed by atoms with van der Waals surface area (Å²) in [5.41, 5.74) is 11.0. The summed E-state index contributed by atoms with van der Waals surface area (Å²) < 4.78 is 13.5. The molecule has 6 heteroatoms. The number of guanidine groups is 1. The summed E-state index contributed by atoms with van der Waals surface area (Å²) in [7, 11) is 0. The normalized spacial score (nSPS) is 9.00. The first kappa shape index (κ1) is 13.6. The van der Waals surface area contributed by atoms with Gasteiger partial charge in [0, 0.05) is 4.47 Å². The predicted molar refractivity (Wildman–Crippen MR) is 69.0 cm³/mol. The first-order valence-corrected chi connectivity index (χ1v) is 4.37. The van der Waals surface area contributed by atoms with Crippen LogP contribution in [0.25, 0.3) is 0 Å². The summed E-state index contributed by atoms with van der Waals surface area (Å²) in [4.78, 5) is 3.76. The zero-order valence-electron chi connectivity index (χ0n) is 7.21. The van der Waals surface area contributed by atoms with E-state index in [-0.39, 0.29) is 35.8 Å². The van der Waals surface area contributed by atoms with Crippen LogP contribution >= 0.6 is 39.9 Å². The lowest BCUT2D eigenvalue weighted by Gasteiger charge is -1.99. The number of rotatable bonds is 2. The molecule has 0 radical (unpaired) electrons. The van der Waals surface area contributed by atoms with E-state index >= 15 is 0 Å². The molecule has 1 aromatic carbocycles. The molecule has 0 heterocycles. The van der Waals surface area contributed by atoms with Crippen LogP contribution in [0.2, 0.25) is 0 Å². The van der Waals surface area contributed by atoms with E-state index in [9.17, 15) is 4.39 Å². The Morgan fingerprint density at radius 2 is 2.00 bits per heavy atom. The molecule has 78 valence electrons. The Morgan fingerprint density at radius 1 is 1.36 bits per heavy atom. The first-order valence-electron chi connectivity index (χ1n) is 3.58. The minimum Gasteiger partial charge on any atom is -0.370 e. The Hall–Kier alpha value is -0.370. The summed E-state index contributed by atoms with van der Waals surface area (Å²) in [6, 6.07) is 4.52. The third-order valence-corrected chi connectivity index (χ3v) is 1.82. The Kier molecular flexibility index (Phi) is 6.01. The molecule has 0 bridgehead atoms. The summed E-state index contributed by atoms with van der Waals surface area (Å²) in [5.74, 6) is -0.310. The molecule has 1 aromatic rings. The monoisotopic (exact) mass is 373 g/mol. The largest absolute Gasteiger partial charge is 0.370 e. The summed E-state index contributed by atoms with van der Waals surface area (Å²) in [5, 5.41) is 0. The lowest BCUT2D eigenvalue weighted by molar-refractivity contribution is 0.624. The molecule has 0 unspecified atom stereocenters. The third-order valence-electron chi connectivity index (χ3n) is 1.37. The van der Waals surface area contributed by atoms with E-state index in [0.29, 0.717) is 11.0 Å². The molecule has 0 aliphatic rings. The molecule has 0 amide bonds. The highest BCUT2D eigenvalue weighted by Gasteiger charge is 1.97. The van der Waals surface area contributed by atoms with Gasteiger partial charge in [0.1, 0.15) is 5.82 Å². The van der Waals surface area contributed by atoms with Crippen molar-refractivity contribution >= 4 is 45.9 Å².